The molecule has 0 bridgehead atoms. The van der Waals surface area contributed by atoms with Crippen LogP contribution in [0.1, 0.15) is 0 Å². The molecule has 1 heterocycles. The molecule has 0 aliphatic heterocycles. The third-order valence-electron chi connectivity index (χ3n) is 1.94. The molecule has 0 saturated heterocycles. The Morgan fingerprint density at radius 3 is 3.07 bits per heavy atom. The van der Waals surface area contributed by atoms with Crippen molar-refractivity contribution in [1.29, 1.82) is 0 Å². The quantitative estimate of drug-likeness (QED) is 0.781. The maximum Gasteiger partial charge on any atom is 0.342 e. The number of nitrogens with one attached hydrogen (secondary N) is 1. The number of benzene rings is 1. The SMILES string of the molecule is CNC(=O)n1ncc2cc(Br)ccc21. The first kappa shape index (κ1) is 9.21. The van der Waals surface area contributed by atoms with E-state index < -0.39 is 0 Å². The standard InChI is InChI=1S/C9H8BrN3O/c1-11-9(14)13-8-3-2-7(10)4-6(8)5-12-13/h2-5H,1H3,(H,11,14). The molecule has 2 aromatic rings. The fraction of sp³-hybridized carbons (Fsp3) is 0.111. The lowest BCUT2D eigenvalue weighted by atomic mass is 10.3. The predicted molar refractivity (Wildman–Crippen MR) is 57.3 cm³/mol. The minimum absolute atomic E-state index is 0.234. The van der Waals surface area contributed by atoms with E-state index in [9.17, 15) is 4.79 Å². The van der Waals surface area contributed by atoms with E-state index in [-0.39, 0.29) is 6.03 Å². The zero-order valence-electron chi connectivity index (χ0n) is 7.49. The van der Waals surface area contributed by atoms with Crippen molar-refractivity contribution in [3.8, 4) is 0 Å². The Kier molecular flexibility index (Phi) is 2.25. The van der Waals surface area contributed by atoms with E-state index in [4.69, 9.17) is 0 Å². The van der Waals surface area contributed by atoms with Crippen molar-refractivity contribution in [2.45, 2.75) is 0 Å². The molecule has 0 aliphatic rings. The van der Waals surface area contributed by atoms with Crippen molar-refractivity contribution < 1.29 is 4.79 Å². The fourth-order valence-corrected chi connectivity index (χ4v) is 1.65. The molecule has 0 spiro atoms. The van der Waals surface area contributed by atoms with Crippen molar-refractivity contribution in [1.82, 2.24) is 15.1 Å². The van der Waals surface area contributed by atoms with Gasteiger partial charge >= 0.3 is 6.03 Å². The molecule has 1 aromatic heterocycles. The van der Waals surface area contributed by atoms with Gasteiger partial charge in [0, 0.05) is 16.9 Å². The number of nitrogens with zero attached hydrogens (tertiary/aromatic N) is 2. The summed E-state index contributed by atoms with van der Waals surface area (Å²) in [6, 6.07) is 5.41. The summed E-state index contributed by atoms with van der Waals surface area (Å²) < 4.78 is 2.31. The first-order valence-corrected chi connectivity index (χ1v) is 4.87. The average molecular weight is 254 g/mol. The van der Waals surface area contributed by atoms with Gasteiger partial charge < -0.3 is 5.32 Å². The van der Waals surface area contributed by atoms with Gasteiger partial charge in [0.15, 0.2) is 0 Å². The van der Waals surface area contributed by atoms with Crippen LogP contribution in [-0.4, -0.2) is 22.9 Å². The highest BCUT2D eigenvalue weighted by atomic mass is 79.9. The second kappa shape index (κ2) is 3.42. The van der Waals surface area contributed by atoms with E-state index >= 15 is 0 Å². The molecule has 0 saturated carbocycles. The van der Waals surface area contributed by atoms with E-state index in [0.29, 0.717) is 0 Å². The zero-order chi connectivity index (χ0) is 10.1. The van der Waals surface area contributed by atoms with E-state index in [0.717, 1.165) is 15.4 Å². The molecule has 0 unspecified atom stereocenters. The molecule has 1 amide bonds. The lowest BCUT2D eigenvalue weighted by Gasteiger charge is -1.99. The van der Waals surface area contributed by atoms with Crippen LogP contribution in [0.15, 0.2) is 28.9 Å². The Morgan fingerprint density at radius 2 is 2.36 bits per heavy atom. The molecule has 14 heavy (non-hydrogen) atoms. The van der Waals surface area contributed by atoms with Gasteiger partial charge in [0.05, 0.1) is 11.7 Å². The van der Waals surface area contributed by atoms with E-state index in [2.05, 4.69) is 26.3 Å². The molecule has 5 heteroatoms. The van der Waals surface area contributed by atoms with E-state index in [1.807, 2.05) is 18.2 Å². The third-order valence-corrected chi connectivity index (χ3v) is 2.43. The van der Waals surface area contributed by atoms with Gasteiger partial charge in [-0.15, -0.1) is 0 Å². The van der Waals surface area contributed by atoms with Gasteiger partial charge in [-0.3, -0.25) is 0 Å². The Labute approximate surface area is 89.0 Å². The summed E-state index contributed by atoms with van der Waals surface area (Å²) in [6.45, 7) is 0. The maximum atomic E-state index is 11.4. The molecule has 72 valence electrons. The Hall–Kier alpha value is -1.36. The summed E-state index contributed by atoms with van der Waals surface area (Å²) in [6.07, 6.45) is 1.66. The number of amides is 1. The normalized spacial score (nSPS) is 10.4. The second-order valence-electron chi connectivity index (χ2n) is 2.81. The summed E-state index contributed by atoms with van der Waals surface area (Å²) in [5.41, 5.74) is 0.799. The lowest BCUT2D eigenvalue weighted by molar-refractivity contribution is 0.242. The highest BCUT2D eigenvalue weighted by Crippen LogP contribution is 2.18. The molecule has 0 aliphatic carbocycles. The van der Waals surface area contributed by atoms with Crippen LogP contribution < -0.4 is 5.32 Å². The Balaban J connectivity index is 2.64. The Morgan fingerprint density at radius 1 is 1.57 bits per heavy atom. The monoisotopic (exact) mass is 253 g/mol. The predicted octanol–water partition coefficient (Wildman–Crippen LogP) is 1.99. The number of halogens is 1. The van der Waals surface area contributed by atoms with Crippen molar-refractivity contribution in [2.75, 3.05) is 7.05 Å². The van der Waals surface area contributed by atoms with Gasteiger partial charge in [-0.25, -0.2) is 4.79 Å². The molecule has 0 atom stereocenters. The van der Waals surface area contributed by atoms with Crippen molar-refractivity contribution in [3.63, 3.8) is 0 Å². The minimum atomic E-state index is -0.234. The smallest absolute Gasteiger partial charge is 0.339 e. The summed E-state index contributed by atoms with van der Waals surface area (Å²) in [4.78, 5) is 11.4. The number of carbonyl (C=O) groups is 1. The molecular formula is C9H8BrN3O. The minimum Gasteiger partial charge on any atom is -0.339 e. The van der Waals surface area contributed by atoms with Gasteiger partial charge in [0.25, 0.3) is 0 Å². The van der Waals surface area contributed by atoms with Crippen LogP contribution in [0, 0.1) is 0 Å². The first-order valence-electron chi connectivity index (χ1n) is 4.08. The van der Waals surface area contributed by atoms with Gasteiger partial charge in [0.1, 0.15) is 0 Å². The topological polar surface area (TPSA) is 46.9 Å². The molecule has 0 radical (unpaired) electrons. The first-order chi connectivity index (χ1) is 6.72. The van der Waals surface area contributed by atoms with Crippen LogP contribution >= 0.6 is 15.9 Å². The highest BCUT2D eigenvalue weighted by Gasteiger charge is 2.07. The van der Waals surface area contributed by atoms with Crippen LogP contribution in [0.5, 0.6) is 0 Å². The van der Waals surface area contributed by atoms with Crippen LogP contribution in [0.2, 0.25) is 0 Å². The van der Waals surface area contributed by atoms with Crippen LogP contribution in [-0.2, 0) is 0 Å². The number of hydrogen-bond acceptors (Lipinski definition) is 2. The molecule has 0 fully saturated rings. The summed E-state index contributed by atoms with van der Waals surface area (Å²) in [7, 11) is 1.58. The summed E-state index contributed by atoms with van der Waals surface area (Å²) in [5.74, 6) is 0. The molecular weight excluding hydrogens is 246 g/mol. The van der Waals surface area contributed by atoms with Crippen LogP contribution in [0.3, 0.4) is 0 Å². The van der Waals surface area contributed by atoms with Gasteiger partial charge in [-0.2, -0.15) is 9.78 Å². The fourth-order valence-electron chi connectivity index (χ4n) is 1.27. The second-order valence-corrected chi connectivity index (χ2v) is 3.73. The number of hydrogen-bond donors (Lipinski definition) is 1. The summed E-state index contributed by atoms with van der Waals surface area (Å²) >= 11 is 3.36. The number of fused-ring (bicyclic) bond motifs is 1. The van der Waals surface area contributed by atoms with Gasteiger partial charge in [-0.1, -0.05) is 15.9 Å². The van der Waals surface area contributed by atoms with Crippen molar-refractivity contribution in [3.05, 3.63) is 28.9 Å². The number of carbonyl (C=O) groups excluding carboxylic acids is 1. The van der Waals surface area contributed by atoms with Crippen LogP contribution in [0.4, 0.5) is 4.79 Å². The molecule has 4 nitrogen and oxygen atoms in total. The lowest BCUT2D eigenvalue weighted by Crippen LogP contribution is -2.25. The third kappa shape index (κ3) is 1.39. The maximum absolute atomic E-state index is 11.4. The highest BCUT2D eigenvalue weighted by molar-refractivity contribution is 9.10. The summed E-state index contributed by atoms with van der Waals surface area (Å²) in [5, 5.41) is 7.45. The molecule has 1 aromatic carbocycles. The molecule has 1 N–H and O–H groups in total. The van der Waals surface area contributed by atoms with Gasteiger partial charge in [0.2, 0.25) is 0 Å². The number of aromatic nitrogens is 2. The van der Waals surface area contributed by atoms with Crippen LogP contribution in [0.25, 0.3) is 10.9 Å². The van der Waals surface area contributed by atoms with Crippen molar-refractivity contribution >= 4 is 32.9 Å². The van der Waals surface area contributed by atoms with E-state index in [1.54, 1.807) is 13.2 Å². The van der Waals surface area contributed by atoms with E-state index in [1.165, 1.54) is 4.68 Å². The molecule has 2 rings (SSSR count). The van der Waals surface area contributed by atoms with Crippen molar-refractivity contribution in [2.24, 2.45) is 0 Å². The largest absolute Gasteiger partial charge is 0.342 e. The Bertz CT molecular complexity index is 492. The average Bonchev–Trinajstić information content (AvgIpc) is 2.59. The zero-order valence-corrected chi connectivity index (χ0v) is 9.08. The van der Waals surface area contributed by atoms with Gasteiger partial charge in [-0.05, 0) is 18.2 Å². The number of rotatable bonds is 0.